The average molecular weight is 384 g/mol. The van der Waals surface area contributed by atoms with E-state index in [0.29, 0.717) is 23.8 Å². The number of carbonyl (C=O) groups excluding carboxylic acids is 1. The number of benzene rings is 2. The quantitative estimate of drug-likeness (QED) is 0.740. The van der Waals surface area contributed by atoms with Crippen LogP contribution >= 0.6 is 11.6 Å². The minimum atomic E-state index is 0.0412. The third kappa shape index (κ3) is 3.23. The molecule has 27 heavy (non-hydrogen) atoms. The zero-order chi connectivity index (χ0) is 19.0. The van der Waals surface area contributed by atoms with Gasteiger partial charge in [-0.3, -0.25) is 4.79 Å². The van der Waals surface area contributed by atoms with Crippen molar-refractivity contribution in [3.63, 3.8) is 0 Å². The van der Waals surface area contributed by atoms with Crippen LogP contribution in [-0.2, 0) is 0 Å². The summed E-state index contributed by atoms with van der Waals surface area (Å²) in [5.41, 5.74) is 3.61. The van der Waals surface area contributed by atoms with Crippen molar-refractivity contribution in [1.82, 2.24) is 9.88 Å². The molecule has 1 aromatic heterocycles. The van der Waals surface area contributed by atoms with E-state index in [0.717, 1.165) is 41.0 Å². The molecule has 0 bridgehead atoms. The zero-order valence-corrected chi connectivity index (χ0v) is 16.2. The highest BCUT2D eigenvalue weighted by atomic mass is 35.5. The number of aromatic nitrogens is 1. The molecule has 1 fully saturated rings. The van der Waals surface area contributed by atoms with Gasteiger partial charge in [0.05, 0.1) is 12.8 Å². The highest BCUT2D eigenvalue weighted by molar-refractivity contribution is 6.31. The number of H-pyrrole nitrogens is 1. The maximum atomic E-state index is 13.1. The number of nitrogens with zero attached hydrogens (tertiary/aromatic N) is 2. The molecule has 0 atom stereocenters. The first-order chi connectivity index (χ1) is 13.1. The standard InChI is InChI=1S/C21H22ClN3O2/c1-14-16-13-15(22)7-8-17(16)23-20(14)21(26)25-11-9-24(10-12-25)18-5-3-4-6-19(18)27-2/h3-8,13,23H,9-12H2,1-2H3. The average Bonchev–Trinajstić information content (AvgIpc) is 3.03. The smallest absolute Gasteiger partial charge is 0.270 e. The number of carbonyl (C=O) groups is 1. The predicted molar refractivity (Wildman–Crippen MR) is 109 cm³/mol. The third-order valence-electron chi connectivity index (χ3n) is 5.23. The van der Waals surface area contributed by atoms with Gasteiger partial charge in [-0.1, -0.05) is 23.7 Å². The molecule has 1 aliphatic heterocycles. The van der Waals surface area contributed by atoms with E-state index in [1.165, 1.54) is 0 Å². The summed E-state index contributed by atoms with van der Waals surface area (Å²) in [4.78, 5) is 20.5. The van der Waals surface area contributed by atoms with Crippen LogP contribution in [0.25, 0.3) is 10.9 Å². The number of hydrogen-bond acceptors (Lipinski definition) is 3. The van der Waals surface area contributed by atoms with Gasteiger partial charge in [0.25, 0.3) is 5.91 Å². The van der Waals surface area contributed by atoms with Crippen molar-refractivity contribution in [3.05, 3.63) is 58.7 Å². The van der Waals surface area contributed by atoms with E-state index in [1.807, 2.05) is 48.2 Å². The second-order valence-electron chi connectivity index (χ2n) is 6.77. The molecule has 3 aromatic rings. The van der Waals surface area contributed by atoms with Gasteiger partial charge in [-0.25, -0.2) is 0 Å². The summed E-state index contributed by atoms with van der Waals surface area (Å²) in [5, 5.41) is 1.67. The maximum Gasteiger partial charge on any atom is 0.270 e. The molecule has 1 saturated heterocycles. The summed E-state index contributed by atoms with van der Waals surface area (Å²) < 4.78 is 5.46. The summed E-state index contributed by atoms with van der Waals surface area (Å²) in [6.07, 6.45) is 0. The van der Waals surface area contributed by atoms with Gasteiger partial charge in [0.1, 0.15) is 11.4 Å². The zero-order valence-electron chi connectivity index (χ0n) is 15.5. The van der Waals surface area contributed by atoms with Gasteiger partial charge in [0.15, 0.2) is 0 Å². The fourth-order valence-electron chi connectivity index (χ4n) is 3.71. The van der Waals surface area contributed by atoms with E-state index >= 15 is 0 Å². The molecule has 0 saturated carbocycles. The van der Waals surface area contributed by atoms with Crippen molar-refractivity contribution in [1.29, 1.82) is 0 Å². The largest absolute Gasteiger partial charge is 0.495 e. The van der Waals surface area contributed by atoms with Crippen LogP contribution < -0.4 is 9.64 Å². The molecule has 6 heteroatoms. The minimum Gasteiger partial charge on any atom is -0.495 e. The van der Waals surface area contributed by atoms with Gasteiger partial charge >= 0.3 is 0 Å². The molecule has 2 aromatic carbocycles. The second-order valence-corrected chi connectivity index (χ2v) is 7.20. The fourth-order valence-corrected chi connectivity index (χ4v) is 3.88. The number of methoxy groups -OCH3 is 1. The first-order valence-electron chi connectivity index (χ1n) is 9.03. The molecule has 4 rings (SSSR count). The second kappa shape index (κ2) is 7.16. The van der Waals surface area contributed by atoms with Crippen LogP contribution in [0, 0.1) is 6.92 Å². The van der Waals surface area contributed by atoms with Crippen molar-refractivity contribution in [2.24, 2.45) is 0 Å². The van der Waals surface area contributed by atoms with Crippen molar-refractivity contribution in [2.75, 3.05) is 38.2 Å². The fraction of sp³-hybridized carbons (Fsp3) is 0.286. The molecule has 0 spiro atoms. The van der Waals surface area contributed by atoms with E-state index in [9.17, 15) is 4.79 Å². The Hall–Kier alpha value is -2.66. The van der Waals surface area contributed by atoms with Gasteiger partial charge in [0.2, 0.25) is 0 Å². The van der Waals surface area contributed by atoms with E-state index in [-0.39, 0.29) is 5.91 Å². The molecule has 2 heterocycles. The number of fused-ring (bicyclic) bond motifs is 1. The van der Waals surface area contributed by atoms with E-state index in [4.69, 9.17) is 16.3 Å². The van der Waals surface area contributed by atoms with Gasteiger partial charge in [0, 0.05) is 42.1 Å². The number of amides is 1. The minimum absolute atomic E-state index is 0.0412. The molecule has 1 amide bonds. The molecule has 0 radical (unpaired) electrons. The van der Waals surface area contributed by atoms with Gasteiger partial charge in [-0.2, -0.15) is 0 Å². The van der Waals surface area contributed by atoms with Crippen LogP contribution in [0.2, 0.25) is 5.02 Å². The summed E-state index contributed by atoms with van der Waals surface area (Å²) in [6, 6.07) is 13.6. The number of halogens is 1. The lowest BCUT2D eigenvalue weighted by Crippen LogP contribution is -2.49. The first-order valence-corrected chi connectivity index (χ1v) is 9.41. The van der Waals surface area contributed by atoms with E-state index < -0.39 is 0 Å². The molecule has 140 valence electrons. The topological polar surface area (TPSA) is 48.6 Å². The van der Waals surface area contributed by atoms with Crippen molar-refractivity contribution < 1.29 is 9.53 Å². The number of rotatable bonds is 3. The summed E-state index contributed by atoms with van der Waals surface area (Å²) in [6.45, 7) is 4.86. The molecule has 1 aliphatic rings. The number of para-hydroxylation sites is 2. The number of piperazine rings is 1. The molecule has 1 N–H and O–H groups in total. The number of nitrogens with one attached hydrogen (secondary N) is 1. The van der Waals surface area contributed by atoms with Crippen LogP contribution in [0.5, 0.6) is 5.75 Å². The van der Waals surface area contributed by atoms with Crippen LogP contribution in [0.3, 0.4) is 0 Å². The first kappa shape index (κ1) is 17.7. The van der Waals surface area contributed by atoms with E-state index in [1.54, 1.807) is 7.11 Å². The number of aromatic amines is 1. The molecule has 5 nitrogen and oxygen atoms in total. The lowest BCUT2D eigenvalue weighted by molar-refractivity contribution is 0.0741. The Morgan fingerprint density at radius 1 is 1.11 bits per heavy atom. The monoisotopic (exact) mass is 383 g/mol. The summed E-state index contributed by atoms with van der Waals surface area (Å²) >= 11 is 6.10. The molecule has 0 aliphatic carbocycles. The summed E-state index contributed by atoms with van der Waals surface area (Å²) in [7, 11) is 1.68. The number of hydrogen-bond donors (Lipinski definition) is 1. The lowest BCUT2D eigenvalue weighted by Gasteiger charge is -2.36. The Kier molecular flexibility index (Phi) is 4.70. The van der Waals surface area contributed by atoms with Crippen molar-refractivity contribution in [3.8, 4) is 5.75 Å². The molecular formula is C21H22ClN3O2. The van der Waals surface area contributed by atoms with Gasteiger partial charge in [-0.05, 0) is 42.8 Å². The molecular weight excluding hydrogens is 362 g/mol. The predicted octanol–water partition coefficient (Wildman–Crippen LogP) is 4.10. The lowest BCUT2D eigenvalue weighted by atomic mass is 10.1. The number of ether oxygens (including phenoxy) is 1. The Bertz CT molecular complexity index is 990. The van der Waals surface area contributed by atoms with Gasteiger partial charge < -0.3 is 19.5 Å². The van der Waals surface area contributed by atoms with Crippen LogP contribution in [0.15, 0.2) is 42.5 Å². The Morgan fingerprint density at radius 3 is 2.59 bits per heavy atom. The third-order valence-corrected chi connectivity index (χ3v) is 5.46. The number of aryl methyl sites for hydroxylation is 1. The number of anilines is 1. The van der Waals surface area contributed by atoms with Crippen molar-refractivity contribution >= 4 is 34.1 Å². The highest BCUT2D eigenvalue weighted by Crippen LogP contribution is 2.29. The van der Waals surface area contributed by atoms with Crippen molar-refractivity contribution in [2.45, 2.75) is 6.92 Å². The van der Waals surface area contributed by atoms with E-state index in [2.05, 4.69) is 16.0 Å². The van der Waals surface area contributed by atoms with Crippen LogP contribution in [-0.4, -0.2) is 49.1 Å². The molecule has 0 unspecified atom stereocenters. The van der Waals surface area contributed by atoms with Crippen LogP contribution in [0.4, 0.5) is 5.69 Å². The highest BCUT2D eigenvalue weighted by Gasteiger charge is 2.26. The maximum absolute atomic E-state index is 13.1. The Morgan fingerprint density at radius 2 is 1.85 bits per heavy atom. The normalized spacial score (nSPS) is 14.6. The Balaban J connectivity index is 1.51. The van der Waals surface area contributed by atoms with Crippen LogP contribution in [0.1, 0.15) is 16.1 Å². The van der Waals surface area contributed by atoms with Gasteiger partial charge in [-0.15, -0.1) is 0 Å². The SMILES string of the molecule is COc1ccccc1N1CCN(C(=O)c2[nH]c3ccc(Cl)cc3c2C)CC1. The summed E-state index contributed by atoms with van der Waals surface area (Å²) in [5.74, 6) is 0.903. The Labute approximate surface area is 163 Å².